The summed E-state index contributed by atoms with van der Waals surface area (Å²) in [7, 11) is 0. The minimum Gasteiger partial charge on any atom is -0.482 e. The summed E-state index contributed by atoms with van der Waals surface area (Å²) in [6, 6.07) is 6.75. The van der Waals surface area contributed by atoms with Gasteiger partial charge in [0, 0.05) is 16.8 Å². The largest absolute Gasteiger partial charge is 0.482 e. The molecule has 0 radical (unpaired) electrons. The van der Waals surface area contributed by atoms with Crippen molar-refractivity contribution in [1.29, 1.82) is 0 Å². The van der Waals surface area contributed by atoms with E-state index in [0.29, 0.717) is 16.9 Å². The van der Waals surface area contributed by atoms with Gasteiger partial charge in [-0.25, -0.2) is 4.79 Å². The van der Waals surface area contributed by atoms with Crippen molar-refractivity contribution in [3.8, 4) is 5.75 Å². The second-order valence-corrected chi connectivity index (χ2v) is 4.74. The van der Waals surface area contributed by atoms with Crippen LogP contribution in [0, 0.1) is 0 Å². The second-order valence-electron chi connectivity index (χ2n) is 4.74. The Morgan fingerprint density at radius 2 is 2.10 bits per heavy atom. The van der Waals surface area contributed by atoms with Gasteiger partial charge in [-0.1, -0.05) is 0 Å². The summed E-state index contributed by atoms with van der Waals surface area (Å²) in [5.41, 5.74) is 1.25. The Kier molecular flexibility index (Phi) is 3.50. The first-order chi connectivity index (χ1) is 10.2. The van der Waals surface area contributed by atoms with Crippen LogP contribution in [-0.4, -0.2) is 18.3 Å². The van der Waals surface area contributed by atoms with Crippen LogP contribution in [0.1, 0.15) is 6.92 Å². The molecule has 5 nitrogen and oxygen atoms in total. The summed E-state index contributed by atoms with van der Waals surface area (Å²) in [6.45, 7) is 2.03. The molecule has 2 aromatic heterocycles. The molecule has 1 N–H and O–H groups in total. The fourth-order valence-electron chi connectivity index (χ4n) is 2.07. The van der Waals surface area contributed by atoms with Crippen molar-refractivity contribution in [2.45, 2.75) is 6.92 Å². The number of furan rings is 1. The topological polar surface area (TPSA) is 72.8 Å². The summed E-state index contributed by atoms with van der Waals surface area (Å²) in [4.78, 5) is 11.4. The van der Waals surface area contributed by atoms with Crippen molar-refractivity contribution in [3.63, 3.8) is 0 Å². The maximum absolute atomic E-state index is 11.4. The normalized spacial score (nSPS) is 12.2. The molecule has 0 saturated heterocycles. The zero-order valence-corrected chi connectivity index (χ0v) is 11.5. The number of aliphatic hydroxyl groups excluding tert-OH is 1. The van der Waals surface area contributed by atoms with Gasteiger partial charge in [0.15, 0.2) is 11.2 Å². The number of ether oxygens (including phenoxy) is 1. The lowest BCUT2D eigenvalue weighted by Crippen LogP contribution is -2.00. The molecule has 0 unspecified atom stereocenters. The first kappa shape index (κ1) is 13.5. The van der Waals surface area contributed by atoms with E-state index in [2.05, 4.69) is 0 Å². The van der Waals surface area contributed by atoms with E-state index in [0.717, 1.165) is 16.3 Å². The van der Waals surface area contributed by atoms with Crippen LogP contribution in [0.25, 0.3) is 21.9 Å². The molecule has 0 aliphatic carbocycles. The predicted molar refractivity (Wildman–Crippen MR) is 78.6 cm³/mol. The van der Waals surface area contributed by atoms with Crippen molar-refractivity contribution < 1.29 is 18.7 Å². The Morgan fingerprint density at radius 1 is 1.29 bits per heavy atom. The van der Waals surface area contributed by atoms with Gasteiger partial charge in [-0.3, -0.25) is 0 Å². The van der Waals surface area contributed by atoms with E-state index in [1.54, 1.807) is 25.3 Å². The van der Waals surface area contributed by atoms with Gasteiger partial charge in [0.1, 0.15) is 6.61 Å². The van der Waals surface area contributed by atoms with Gasteiger partial charge < -0.3 is 18.7 Å². The Hall–Kier alpha value is -2.53. The third-order valence-electron chi connectivity index (χ3n) is 3.19. The number of hydrogen-bond acceptors (Lipinski definition) is 5. The maximum atomic E-state index is 11.4. The smallest absolute Gasteiger partial charge is 0.336 e. The Bertz CT molecular complexity index is 869. The van der Waals surface area contributed by atoms with E-state index >= 15 is 0 Å². The monoisotopic (exact) mass is 286 g/mol. The molecule has 21 heavy (non-hydrogen) atoms. The lowest BCUT2D eigenvalue weighted by Gasteiger charge is -2.07. The second kappa shape index (κ2) is 5.46. The number of fused-ring (bicyclic) bond motifs is 2. The van der Waals surface area contributed by atoms with Gasteiger partial charge in [0.2, 0.25) is 5.75 Å². The molecule has 0 fully saturated rings. The van der Waals surface area contributed by atoms with Crippen molar-refractivity contribution in [1.82, 2.24) is 0 Å². The highest BCUT2D eigenvalue weighted by Gasteiger charge is 2.14. The quantitative estimate of drug-likeness (QED) is 0.589. The highest BCUT2D eigenvalue weighted by molar-refractivity contribution is 5.99. The van der Waals surface area contributed by atoms with Gasteiger partial charge in [-0.2, -0.15) is 0 Å². The van der Waals surface area contributed by atoms with E-state index in [4.69, 9.17) is 18.7 Å². The summed E-state index contributed by atoms with van der Waals surface area (Å²) in [5, 5.41) is 10.6. The molecule has 5 heteroatoms. The molecular formula is C16H14O5. The lowest BCUT2D eigenvalue weighted by atomic mass is 10.1. The van der Waals surface area contributed by atoms with Crippen LogP contribution in [0.5, 0.6) is 5.75 Å². The van der Waals surface area contributed by atoms with E-state index in [1.807, 2.05) is 12.1 Å². The summed E-state index contributed by atoms with van der Waals surface area (Å²) in [5.74, 6) is 0.396. The molecule has 0 spiro atoms. The molecule has 2 heterocycles. The third kappa shape index (κ3) is 2.55. The molecule has 0 aliphatic rings. The van der Waals surface area contributed by atoms with Crippen molar-refractivity contribution in [3.05, 3.63) is 52.6 Å². The van der Waals surface area contributed by atoms with E-state index < -0.39 is 5.63 Å². The van der Waals surface area contributed by atoms with Crippen molar-refractivity contribution in [2.75, 3.05) is 13.2 Å². The summed E-state index contributed by atoms with van der Waals surface area (Å²) < 4.78 is 16.4. The van der Waals surface area contributed by atoms with E-state index in [1.165, 1.54) is 6.07 Å². The molecule has 3 aromatic rings. The highest BCUT2D eigenvalue weighted by atomic mass is 16.5. The van der Waals surface area contributed by atoms with Gasteiger partial charge in [0.25, 0.3) is 0 Å². The summed E-state index contributed by atoms with van der Waals surface area (Å²) in [6.07, 6.45) is 3.32. The van der Waals surface area contributed by atoms with Crippen LogP contribution in [-0.2, 0) is 0 Å². The average Bonchev–Trinajstić information content (AvgIpc) is 2.94. The zero-order valence-electron chi connectivity index (χ0n) is 11.5. The number of aliphatic hydroxyl groups is 1. The third-order valence-corrected chi connectivity index (χ3v) is 3.19. The molecule has 0 saturated carbocycles. The van der Waals surface area contributed by atoms with Crippen LogP contribution in [0.2, 0.25) is 0 Å². The van der Waals surface area contributed by atoms with Gasteiger partial charge >= 0.3 is 5.63 Å². The van der Waals surface area contributed by atoms with Gasteiger partial charge in [-0.15, -0.1) is 0 Å². The Balaban J connectivity index is 2.13. The van der Waals surface area contributed by atoms with Gasteiger partial charge in [0.05, 0.1) is 12.9 Å². The molecule has 108 valence electrons. The molecule has 1 aromatic carbocycles. The SMILES string of the molecule is C/C(=C/COc1c2occc2cc2ccc(=O)oc12)CO. The zero-order chi connectivity index (χ0) is 14.8. The van der Waals surface area contributed by atoms with Crippen LogP contribution >= 0.6 is 0 Å². The summed E-state index contributed by atoms with van der Waals surface area (Å²) >= 11 is 0. The lowest BCUT2D eigenvalue weighted by molar-refractivity contribution is 0.324. The van der Waals surface area contributed by atoms with Crippen LogP contribution in [0.3, 0.4) is 0 Å². The Morgan fingerprint density at radius 3 is 2.90 bits per heavy atom. The number of benzene rings is 1. The minimum absolute atomic E-state index is 0.0237. The Labute approximate surface area is 120 Å². The average molecular weight is 286 g/mol. The first-order valence-electron chi connectivity index (χ1n) is 6.52. The molecular weight excluding hydrogens is 272 g/mol. The van der Waals surface area contributed by atoms with Crippen molar-refractivity contribution >= 4 is 21.9 Å². The van der Waals surface area contributed by atoms with E-state index in [9.17, 15) is 4.79 Å². The van der Waals surface area contributed by atoms with Gasteiger partial charge in [-0.05, 0) is 36.8 Å². The van der Waals surface area contributed by atoms with Crippen LogP contribution < -0.4 is 10.4 Å². The van der Waals surface area contributed by atoms with Crippen molar-refractivity contribution in [2.24, 2.45) is 0 Å². The molecule has 0 aliphatic heterocycles. The molecule has 0 bridgehead atoms. The molecule has 3 rings (SSSR count). The van der Waals surface area contributed by atoms with Crippen LogP contribution in [0.4, 0.5) is 0 Å². The number of rotatable bonds is 4. The maximum Gasteiger partial charge on any atom is 0.336 e. The number of hydrogen-bond donors (Lipinski definition) is 1. The molecule has 0 atom stereocenters. The first-order valence-corrected chi connectivity index (χ1v) is 6.52. The predicted octanol–water partition coefficient (Wildman–Crippen LogP) is 2.86. The van der Waals surface area contributed by atoms with E-state index in [-0.39, 0.29) is 13.2 Å². The minimum atomic E-state index is -0.444. The standard InChI is InChI=1S/C16H14O5/c1-10(9-17)4-6-20-16-14-12(5-7-19-14)8-11-2-3-13(18)21-15(11)16/h2-5,7-8,17H,6,9H2,1H3/b10-4-. The van der Waals surface area contributed by atoms with Crippen LogP contribution in [0.15, 0.2) is 55.8 Å². The molecule has 0 amide bonds. The highest BCUT2D eigenvalue weighted by Crippen LogP contribution is 2.34. The fourth-order valence-corrected chi connectivity index (χ4v) is 2.07. The fraction of sp³-hybridized carbons (Fsp3) is 0.188.